The minimum atomic E-state index is -3.96. The molecule has 8 nitrogen and oxygen atoms in total. The van der Waals surface area contributed by atoms with Gasteiger partial charge in [0.15, 0.2) is 0 Å². The average Bonchev–Trinajstić information content (AvgIpc) is 3.18. The molecule has 1 atom stereocenters. The molecule has 1 aromatic heterocycles. The molecule has 3 aromatic rings. The van der Waals surface area contributed by atoms with E-state index < -0.39 is 22.0 Å². The zero-order valence-electron chi connectivity index (χ0n) is 16.2. The summed E-state index contributed by atoms with van der Waals surface area (Å²) in [6.07, 6.45) is 1.36. The van der Waals surface area contributed by atoms with Crippen LogP contribution in [0.3, 0.4) is 0 Å². The second-order valence-electron chi connectivity index (χ2n) is 6.39. The predicted octanol–water partition coefficient (Wildman–Crippen LogP) is 2.49. The Morgan fingerprint density at radius 2 is 1.93 bits per heavy atom. The Balaban J connectivity index is 1.87. The molecule has 30 heavy (non-hydrogen) atoms. The third-order valence-electron chi connectivity index (χ3n) is 4.43. The third kappa shape index (κ3) is 4.99. The van der Waals surface area contributed by atoms with Crippen LogP contribution in [0.4, 0.5) is 0 Å². The van der Waals surface area contributed by atoms with Crippen LogP contribution in [0.2, 0.25) is 0 Å². The number of hydroxylamine groups is 1. The van der Waals surface area contributed by atoms with E-state index in [0.29, 0.717) is 11.3 Å². The number of aromatic nitrogens is 1. The lowest BCUT2D eigenvalue weighted by Crippen LogP contribution is -2.32. The summed E-state index contributed by atoms with van der Waals surface area (Å²) in [4.78, 5) is 14.9. The van der Waals surface area contributed by atoms with E-state index in [1.165, 1.54) is 24.3 Å². The van der Waals surface area contributed by atoms with Crippen LogP contribution in [0.25, 0.3) is 10.9 Å². The van der Waals surface area contributed by atoms with Crippen LogP contribution in [0, 0.1) is 11.8 Å². The lowest BCUT2D eigenvalue weighted by Gasteiger charge is -2.18. The lowest BCUT2D eigenvalue weighted by molar-refractivity contribution is -0.129. The second kappa shape index (κ2) is 9.45. The maximum Gasteiger partial charge on any atom is 0.245 e. The van der Waals surface area contributed by atoms with Crippen LogP contribution in [-0.2, 0) is 14.8 Å². The summed E-state index contributed by atoms with van der Waals surface area (Å²) in [5, 5.41) is 9.70. The largest absolute Gasteiger partial charge is 0.481 e. The molecule has 0 aliphatic heterocycles. The molecule has 0 fully saturated rings. The topological polar surface area (TPSA) is 121 Å². The fourth-order valence-electron chi connectivity index (χ4n) is 2.99. The van der Waals surface area contributed by atoms with Crippen LogP contribution >= 0.6 is 0 Å². The molecule has 9 heteroatoms. The third-order valence-corrected chi connectivity index (χ3v) is 5.92. The van der Waals surface area contributed by atoms with Crippen molar-refractivity contribution >= 4 is 26.8 Å². The highest BCUT2D eigenvalue weighted by molar-refractivity contribution is 7.89. The molecule has 0 aliphatic rings. The molecular weight excluding hydrogens is 406 g/mol. The summed E-state index contributed by atoms with van der Waals surface area (Å²) in [7, 11) is -3.96. The number of aromatic amines is 1. The van der Waals surface area contributed by atoms with E-state index >= 15 is 0 Å². The van der Waals surface area contributed by atoms with Crippen LogP contribution in [-0.4, -0.2) is 31.1 Å². The number of ether oxygens (including phenoxy) is 1. The Labute approximate surface area is 174 Å². The maximum atomic E-state index is 12.9. The molecule has 0 radical (unpaired) electrons. The number of sulfonamides is 1. The van der Waals surface area contributed by atoms with Crippen molar-refractivity contribution in [3.8, 4) is 17.6 Å². The van der Waals surface area contributed by atoms with Gasteiger partial charge in [0.05, 0.1) is 10.9 Å². The number of para-hydroxylation sites is 1. The summed E-state index contributed by atoms with van der Waals surface area (Å²) in [6, 6.07) is 12.3. The Hall–Kier alpha value is -3.32. The molecule has 2 aromatic carbocycles. The monoisotopic (exact) mass is 427 g/mol. The number of nitrogens with one attached hydrogen (secondary N) is 3. The van der Waals surface area contributed by atoms with Gasteiger partial charge in [-0.2, -0.15) is 0 Å². The molecule has 0 spiro atoms. The first-order valence-electron chi connectivity index (χ1n) is 9.08. The van der Waals surface area contributed by atoms with E-state index in [1.807, 2.05) is 24.3 Å². The molecule has 0 bridgehead atoms. The van der Waals surface area contributed by atoms with E-state index in [-0.39, 0.29) is 17.9 Å². The van der Waals surface area contributed by atoms with Crippen molar-refractivity contribution < 1.29 is 23.2 Å². The first-order chi connectivity index (χ1) is 14.4. The van der Waals surface area contributed by atoms with Gasteiger partial charge in [0.25, 0.3) is 0 Å². The van der Waals surface area contributed by atoms with Crippen LogP contribution in [0.15, 0.2) is 59.6 Å². The molecule has 1 amide bonds. The van der Waals surface area contributed by atoms with Gasteiger partial charge in [0.2, 0.25) is 15.9 Å². The summed E-state index contributed by atoms with van der Waals surface area (Å²) in [6.45, 7) is 1.91. The number of carbonyl (C=O) groups is 1. The van der Waals surface area contributed by atoms with E-state index in [2.05, 4.69) is 21.5 Å². The number of benzene rings is 2. The minimum absolute atomic E-state index is 0.0191. The molecular formula is C21H21N3O5S. The van der Waals surface area contributed by atoms with Crippen LogP contribution in [0.5, 0.6) is 5.75 Å². The molecule has 0 saturated carbocycles. The Kier molecular flexibility index (Phi) is 6.74. The van der Waals surface area contributed by atoms with E-state index in [0.717, 1.165) is 10.9 Å². The molecule has 156 valence electrons. The Morgan fingerprint density at radius 3 is 2.63 bits per heavy atom. The molecule has 0 aliphatic carbocycles. The second-order valence-corrected chi connectivity index (χ2v) is 8.10. The number of hydrogen-bond acceptors (Lipinski definition) is 5. The Morgan fingerprint density at radius 1 is 1.20 bits per heavy atom. The van der Waals surface area contributed by atoms with Gasteiger partial charge in [-0.1, -0.05) is 24.1 Å². The van der Waals surface area contributed by atoms with Crippen molar-refractivity contribution in [2.75, 3.05) is 6.61 Å². The quantitative estimate of drug-likeness (QED) is 0.250. The van der Waals surface area contributed by atoms with E-state index in [1.54, 1.807) is 18.6 Å². The van der Waals surface area contributed by atoms with Crippen molar-refractivity contribution in [2.24, 2.45) is 0 Å². The SMILES string of the molecule is CC#CCOc1ccc(S(=O)(=O)NC(CC(=O)NO)c2c[nH]c3ccccc23)cc1. The fourth-order valence-corrected chi connectivity index (χ4v) is 4.21. The average molecular weight is 427 g/mol. The highest BCUT2D eigenvalue weighted by Gasteiger charge is 2.25. The van der Waals surface area contributed by atoms with E-state index in [4.69, 9.17) is 9.94 Å². The normalized spacial score (nSPS) is 12.1. The first-order valence-corrected chi connectivity index (χ1v) is 10.6. The molecule has 1 heterocycles. The van der Waals surface area contributed by atoms with Crippen molar-refractivity contribution in [2.45, 2.75) is 24.3 Å². The number of H-pyrrole nitrogens is 1. The van der Waals surface area contributed by atoms with Gasteiger partial charge in [0.1, 0.15) is 12.4 Å². The fraction of sp³-hybridized carbons (Fsp3) is 0.190. The van der Waals surface area contributed by atoms with Crippen molar-refractivity contribution in [3.05, 3.63) is 60.3 Å². The van der Waals surface area contributed by atoms with Gasteiger partial charge in [-0.05, 0) is 42.8 Å². The standard InChI is InChI=1S/C21H21N3O5S/c1-2-3-12-29-15-8-10-16(11-9-15)30(27,28)24-20(13-21(25)23-26)18-14-22-19-7-5-4-6-17(18)19/h4-11,14,20,22,24,26H,12-13H2,1H3,(H,23,25). The summed E-state index contributed by atoms with van der Waals surface area (Å²) < 4.78 is 33.8. The van der Waals surface area contributed by atoms with Crippen LogP contribution in [0.1, 0.15) is 24.9 Å². The van der Waals surface area contributed by atoms with Gasteiger partial charge in [0, 0.05) is 23.5 Å². The van der Waals surface area contributed by atoms with Gasteiger partial charge in [-0.3, -0.25) is 10.0 Å². The van der Waals surface area contributed by atoms with Crippen LogP contribution < -0.4 is 14.9 Å². The number of carbonyl (C=O) groups excluding carboxylic acids is 1. The van der Waals surface area contributed by atoms with Crippen molar-refractivity contribution in [3.63, 3.8) is 0 Å². The highest BCUT2D eigenvalue weighted by Crippen LogP contribution is 2.28. The summed E-state index contributed by atoms with van der Waals surface area (Å²) >= 11 is 0. The smallest absolute Gasteiger partial charge is 0.245 e. The zero-order chi connectivity index (χ0) is 21.6. The Bertz CT molecular complexity index is 1190. The highest BCUT2D eigenvalue weighted by atomic mass is 32.2. The number of rotatable bonds is 8. The molecule has 0 saturated heterocycles. The van der Waals surface area contributed by atoms with Gasteiger partial charge in [-0.25, -0.2) is 18.6 Å². The zero-order valence-corrected chi connectivity index (χ0v) is 17.0. The van der Waals surface area contributed by atoms with Gasteiger partial charge < -0.3 is 9.72 Å². The molecule has 1 unspecified atom stereocenters. The molecule has 4 N–H and O–H groups in total. The van der Waals surface area contributed by atoms with Gasteiger partial charge >= 0.3 is 0 Å². The first kappa shape index (κ1) is 21.4. The van der Waals surface area contributed by atoms with E-state index in [9.17, 15) is 13.2 Å². The number of amides is 1. The maximum absolute atomic E-state index is 12.9. The lowest BCUT2D eigenvalue weighted by atomic mass is 10.0. The summed E-state index contributed by atoms with van der Waals surface area (Å²) in [5.74, 6) is 5.24. The number of hydrogen-bond donors (Lipinski definition) is 4. The van der Waals surface area contributed by atoms with Crippen molar-refractivity contribution in [1.82, 2.24) is 15.2 Å². The molecule has 3 rings (SSSR count). The predicted molar refractivity (Wildman–Crippen MR) is 111 cm³/mol. The summed E-state index contributed by atoms with van der Waals surface area (Å²) in [5.41, 5.74) is 2.95. The number of fused-ring (bicyclic) bond motifs is 1. The minimum Gasteiger partial charge on any atom is -0.481 e. The van der Waals surface area contributed by atoms with Gasteiger partial charge in [-0.15, -0.1) is 5.92 Å². The van der Waals surface area contributed by atoms with Crippen molar-refractivity contribution in [1.29, 1.82) is 0 Å².